The van der Waals surface area contributed by atoms with Gasteiger partial charge in [-0.15, -0.1) is 0 Å². The van der Waals surface area contributed by atoms with Gasteiger partial charge in [-0.3, -0.25) is 9.97 Å². The fourth-order valence-corrected chi connectivity index (χ4v) is 1.80. The monoisotopic (exact) mass is 257 g/mol. The highest BCUT2D eigenvalue weighted by Gasteiger charge is 2.12. The fraction of sp³-hybridized carbons (Fsp3) is 0.154. The number of aromatic nitrogens is 2. The molecule has 2 rings (SSSR count). The molecule has 6 heteroatoms. The van der Waals surface area contributed by atoms with Crippen LogP contribution in [0.15, 0.2) is 48.0 Å². The first-order valence-corrected chi connectivity index (χ1v) is 5.75. The van der Waals surface area contributed by atoms with Crippen LogP contribution in [0, 0.1) is 0 Å². The molecular weight excluding hydrogens is 242 g/mol. The zero-order valence-corrected chi connectivity index (χ0v) is 10.6. The lowest BCUT2D eigenvalue weighted by Crippen LogP contribution is -2.23. The third-order valence-electron chi connectivity index (χ3n) is 2.69. The molecule has 2 aromatic heterocycles. The maximum absolute atomic E-state index is 8.78. The molecular formula is C13H15N5O. The molecule has 0 bridgehead atoms. The van der Waals surface area contributed by atoms with Gasteiger partial charge in [0, 0.05) is 32.2 Å². The van der Waals surface area contributed by atoms with Crippen molar-refractivity contribution in [3.05, 3.63) is 54.1 Å². The molecule has 0 amide bonds. The van der Waals surface area contributed by atoms with Gasteiger partial charge in [-0.2, -0.15) is 0 Å². The molecule has 0 unspecified atom stereocenters. The number of amidine groups is 1. The maximum atomic E-state index is 8.78. The van der Waals surface area contributed by atoms with Gasteiger partial charge in [-0.25, -0.2) is 0 Å². The minimum absolute atomic E-state index is 0.00589. The van der Waals surface area contributed by atoms with Gasteiger partial charge < -0.3 is 15.8 Å². The van der Waals surface area contributed by atoms with Crippen molar-refractivity contribution in [1.82, 2.24) is 9.97 Å². The Hall–Kier alpha value is -2.63. The van der Waals surface area contributed by atoms with Crippen LogP contribution >= 0.6 is 0 Å². The Kier molecular flexibility index (Phi) is 3.92. The smallest absolute Gasteiger partial charge is 0.190 e. The normalized spacial score (nSPS) is 11.3. The summed E-state index contributed by atoms with van der Waals surface area (Å²) in [6.07, 6.45) is 5.14. The van der Waals surface area contributed by atoms with Crippen molar-refractivity contribution < 1.29 is 5.21 Å². The number of rotatable bonds is 4. The van der Waals surface area contributed by atoms with E-state index in [0.29, 0.717) is 12.2 Å². The van der Waals surface area contributed by atoms with Crippen molar-refractivity contribution in [3.8, 4) is 0 Å². The van der Waals surface area contributed by atoms with Crippen molar-refractivity contribution in [2.24, 2.45) is 10.9 Å². The molecule has 98 valence electrons. The largest absolute Gasteiger partial charge is 0.409 e. The molecule has 0 aliphatic carbocycles. The zero-order valence-electron chi connectivity index (χ0n) is 10.6. The molecule has 0 aromatic carbocycles. The van der Waals surface area contributed by atoms with Gasteiger partial charge in [-0.05, 0) is 23.8 Å². The van der Waals surface area contributed by atoms with E-state index < -0.39 is 0 Å². The molecule has 19 heavy (non-hydrogen) atoms. The average Bonchev–Trinajstić information content (AvgIpc) is 2.47. The standard InChI is InChI=1S/C13H15N5O/c1-18(9-10-4-2-6-15-8-10)11-5-3-7-16-12(11)13(14)17-19/h2-8,19H,9H2,1H3,(H2,14,17). The minimum Gasteiger partial charge on any atom is -0.409 e. The Balaban J connectivity index is 2.27. The van der Waals surface area contributed by atoms with Crippen LogP contribution in [-0.4, -0.2) is 28.1 Å². The van der Waals surface area contributed by atoms with Crippen LogP contribution in [0.4, 0.5) is 5.69 Å². The van der Waals surface area contributed by atoms with E-state index >= 15 is 0 Å². The van der Waals surface area contributed by atoms with Gasteiger partial charge in [0.05, 0.1) is 5.69 Å². The lowest BCUT2D eigenvalue weighted by Gasteiger charge is -2.21. The van der Waals surface area contributed by atoms with Crippen LogP contribution in [0.1, 0.15) is 11.3 Å². The Morgan fingerprint density at radius 3 is 2.84 bits per heavy atom. The van der Waals surface area contributed by atoms with E-state index in [4.69, 9.17) is 10.9 Å². The molecule has 0 saturated heterocycles. The molecule has 0 aliphatic rings. The summed E-state index contributed by atoms with van der Waals surface area (Å²) < 4.78 is 0. The fourth-order valence-electron chi connectivity index (χ4n) is 1.80. The second-order valence-electron chi connectivity index (χ2n) is 4.07. The van der Waals surface area contributed by atoms with Gasteiger partial charge >= 0.3 is 0 Å². The Bertz CT molecular complexity index is 570. The highest BCUT2D eigenvalue weighted by Crippen LogP contribution is 2.18. The summed E-state index contributed by atoms with van der Waals surface area (Å²) in [4.78, 5) is 10.2. The number of hydrogen-bond acceptors (Lipinski definition) is 5. The van der Waals surface area contributed by atoms with Crippen molar-refractivity contribution in [1.29, 1.82) is 0 Å². The summed E-state index contributed by atoms with van der Waals surface area (Å²) >= 11 is 0. The van der Waals surface area contributed by atoms with E-state index in [1.807, 2.05) is 36.2 Å². The minimum atomic E-state index is -0.00589. The summed E-state index contributed by atoms with van der Waals surface area (Å²) in [6, 6.07) is 7.56. The Morgan fingerprint density at radius 2 is 2.16 bits per heavy atom. The van der Waals surface area contributed by atoms with Gasteiger partial charge in [0.15, 0.2) is 5.84 Å². The topological polar surface area (TPSA) is 87.6 Å². The molecule has 2 aromatic rings. The molecule has 0 saturated carbocycles. The summed E-state index contributed by atoms with van der Waals surface area (Å²) in [5.41, 5.74) is 7.94. The molecule has 3 N–H and O–H groups in total. The molecule has 6 nitrogen and oxygen atoms in total. The van der Waals surface area contributed by atoms with Crippen LogP contribution in [0.3, 0.4) is 0 Å². The van der Waals surface area contributed by atoms with Crippen LogP contribution in [-0.2, 0) is 6.54 Å². The number of hydrogen-bond donors (Lipinski definition) is 2. The van der Waals surface area contributed by atoms with Crippen LogP contribution in [0.25, 0.3) is 0 Å². The van der Waals surface area contributed by atoms with E-state index in [-0.39, 0.29) is 5.84 Å². The molecule has 2 heterocycles. The Labute approximate surface area is 111 Å². The summed E-state index contributed by atoms with van der Waals surface area (Å²) in [6.45, 7) is 0.658. The lowest BCUT2D eigenvalue weighted by atomic mass is 10.2. The summed E-state index contributed by atoms with van der Waals surface area (Å²) in [7, 11) is 1.91. The van der Waals surface area contributed by atoms with Gasteiger partial charge in [0.25, 0.3) is 0 Å². The first-order valence-electron chi connectivity index (χ1n) is 5.75. The zero-order chi connectivity index (χ0) is 13.7. The number of pyridine rings is 2. The van der Waals surface area contributed by atoms with Crippen LogP contribution in [0.2, 0.25) is 0 Å². The van der Waals surface area contributed by atoms with Crippen molar-refractivity contribution >= 4 is 11.5 Å². The molecule has 0 aliphatic heterocycles. The van der Waals surface area contributed by atoms with Crippen molar-refractivity contribution in [2.45, 2.75) is 6.54 Å². The van der Waals surface area contributed by atoms with E-state index in [1.54, 1.807) is 18.6 Å². The number of nitrogens with two attached hydrogens (primary N) is 1. The molecule has 0 atom stereocenters. The molecule has 0 spiro atoms. The highest BCUT2D eigenvalue weighted by molar-refractivity contribution is 6.00. The van der Waals surface area contributed by atoms with E-state index in [0.717, 1.165) is 11.3 Å². The molecule has 0 fully saturated rings. The lowest BCUT2D eigenvalue weighted by molar-refractivity contribution is 0.318. The average molecular weight is 257 g/mol. The molecule has 0 radical (unpaired) electrons. The quantitative estimate of drug-likeness (QED) is 0.372. The highest BCUT2D eigenvalue weighted by atomic mass is 16.4. The third kappa shape index (κ3) is 2.98. The second-order valence-corrected chi connectivity index (χ2v) is 4.07. The van der Waals surface area contributed by atoms with E-state index in [2.05, 4.69) is 15.1 Å². The van der Waals surface area contributed by atoms with Crippen molar-refractivity contribution in [3.63, 3.8) is 0 Å². The number of oxime groups is 1. The second kappa shape index (κ2) is 5.81. The van der Waals surface area contributed by atoms with E-state index in [1.165, 1.54) is 0 Å². The first-order chi connectivity index (χ1) is 9.22. The summed E-state index contributed by atoms with van der Waals surface area (Å²) in [5, 5.41) is 11.8. The Morgan fingerprint density at radius 1 is 1.37 bits per heavy atom. The van der Waals surface area contributed by atoms with Crippen LogP contribution in [0.5, 0.6) is 0 Å². The van der Waals surface area contributed by atoms with Gasteiger partial charge in [-0.1, -0.05) is 11.2 Å². The number of anilines is 1. The summed E-state index contributed by atoms with van der Waals surface area (Å²) in [5.74, 6) is -0.00589. The van der Waals surface area contributed by atoms with Gasteiger partial charge in [0.1, 0.15) is 5.69 Å². The first kappa shape index (κ1) is 12.8. The van der Waals surface area contributed by atoms with Gasteiger partial charge in [0.2, 0.25) is 0 Å². The predicted molar refractivity (Wildman–Crippen MR) is 73.1 cm³/mol. The van der Waals surface area contributed by atoms with Crippen LogP contribution < -0.4 is 10.6 Å². The van der Waals surface area contributed by atoms with E-state index in [9.17, 15) is 0 Å². The van der Waals surface area contributed by atoms with Crippen molar-refractivity contribution in [2.75, 3.05) is 11.9 Å². The SMILES string of the molecule is CN(Cc1cccnc1)c1cccnc1/C(N)=N/O. The third-order valence-corrected chi connectivity index (χ3v) is 2.69. The maximum Gasteiger partial charge on any atom is 0.190 e. The predicted octanol–water partition coefficient (Wildman–Crippen LogP) is 1.21. The number of nitrogens with zero attached hydrogens (tertiary/aromatic N) is 4.